The van der Waals surface area contributed by atoms with E-state index in [2.05, 4.69) is 0 Å². The number of rotatable bonds is 5. The van der Waals surface area contributed by atoms with Crippen molar-refractivity contribution < 1.29 is 18.4 Å². The number of benzene rings is 2. The molecule has 0 N–H and O–H groups in total. The molecule has 4 rings (SSSR count). The van der Waals surface area contributed by atoms with Crippen LogP contribution >= 0.6 is 23.4 Å². The van der Waals surface area contributed by atoms with Gasteiger partial charge < -0.3 is 4.42 Å². The maximum atomic E-state index is 13.3. The highest BCUT2D eigenvalue weighted by molar-refractivity contribution is 8.03. The highest BCUT2D eigenvalue weighted by atomic mass is 35.5. The normalized spacial score (nSPS) is 14.3. The minimum atomic E-state index is -0.458. The van der Waals surface area contributed by atoms with Gasteiger partial charge in [-0.2, -0.15) is 0 Å². The number of anilines is 1. The van der Waals surface area contributed by atoms with E-state index >= 15 is 0 Å². The van der Waals surface area contributed by atoms with E-state index in [9.17, 15) is 14.0 Å². The Morgan fingerprint density at radius 3 is 2.32 bits per heavy atom. The van der Waals surface area contributed by atoms with Gasteiger partial charge in [0.2, 0.25) is 0 Å². The Hall–Kier alpha value is -2.83. The van der Waals surface area contributed by atoms with Gasteiger partial charge in [0.15, 0.2) is 0 Å². The summed E-state index contributed by atoms with van der Waals surface area (Å²) in [6.45, 7) is 0. The van der Waals surface area contributed by atoms with E-state index in [1.54, 1.807) is 42.7 Å². The summed E-state index contributed by atoms with van der Waals surface area (Å²) >= 11 is 7.19. The lowest BCUT2D eigenvalue weighted by molar-refractivity contribution is -0.119. The van der Waals surface area contributed by atoms with Gasteiger partial charge in [-0.05, 0) is 54.1 Å². The number of halogens is 2. The Kier molecular flexibility index (Phi) is 5.07. The average molecular weight is 414 g/mol. The molecule has 0 saturated carbocycles. The van der Waals surface area contributed by atoms with Crippen molar-refractivity contribution in [1.29, 1.82) is 0 Å². The number of imide groups is 1. The molecule has 7 heteroatoms. The fourth-order valence-electron chi connectivity index (χ4n) is 2.88. The van der Waals surface area contributed by atoms with Crippen molar-refractivity contribution in [3.05, 3.63) is 94.0 Å². The van der Waals surface area contributed by atoms with Gasteiger partial charge in [-0.1, -0.05) is 23.7 Å². The molecule has 1 aliphatic rings. The Morgan fingerprint density at radius 1 is 0.964 bits per heavy atom. The standard InChI is InChI=1S/C21H13ClFNO3S/c22-14-5-3-13(4-6-14)18-19(28-12-17-2-1-11-27-17)21(26)24(20(18)25)16-9-7-15(23)8-10-16/h1-11H,12H2. The van der Waals surface area contributed by atoms with Crippen molar-refractivity contribution in [3.8, 4) is 0 Å². The summed E-state index contributed by atoms with van der Waals surface area (Å²) in [6.07, 6.45) is 1.55. The van der Waals surface area contributed by atoms with Crippen LogP contribution in [-0.4, -0.2) is 11.8 Å². The van der Waals surface area contributed by atoms with Crippen molar-refractivity contribution >= 4 is 46.4 Å². The molecule has 2 heterocycles. The molecule has 2 aromatic carbocycles. The third-order valence-corrected chi connectivity index (χ3v) is 5.55. The first-order valence-corrected chi connectivity index (χ1v) is 9.70. The fourth-order valence-corrected chi connectivity index (χ4v) is 4.02. The molecule has 140 valence electrons. The molecule has 0 unspecified atom stereocenters. The maximum Gasteiger partial charge on any atom is 0.272 e. The fraction of sp³-hybridized carbons (Fsp3) is 0.0476. The lowest BCUT2D eigenvalue weighted by Gasteiger charge is -2.15. The second kappa shape index (κ2) is 7.66. The molecule has 0 aliphatic carbocycles. The van der Waals surface area contributed by atoms with E-state index in [1.807, 2.05) is 0 Å². The Balaban J connectivity index is 1.74. The largest absolute Gasteiger partial charge is 0.468 e. The van der Waals surface area contributed by atoms with Crippen LogP contribution in [0.1, 0.15) is 11.3 Å². The molecule has 0 saturated heterocycles. The van der Waals surface area contributed by atoms with E-state index in [4.69, 9.17) is 16.0 Å². The number of thioether (sulfide) groups is 1. The Bertz CT molecular complexity index is 1060. The van der Waals surface area contributed by atoms with Gasteiger partial charge in [-0.25, -0.2) is 9.29 Å². The lowest BCUT2D eigenvalue weighted by Crippen LogP contribution is -2.31. The summed E-state index contributed by atoms with van der Waals surface area (Å²) in [6, 6.07) is 15.5. The molecular weight excluding hydrogens is 401 g/mol. The number of carbonyl (C=O) groups is 2. The second-order valence-corrected chi connectivity index (χ2v) is 7.42. The van der Waals surface area contributed by atoms with Crippen LogP contribution in [0.25, 0.3) is 5.57 Å². The quantitative estimate of drug-likeness (QED) is 0.533. The lowest BCUT2D eigenvalue weighted by atomic mass is 10.1. The molecule has 0 radical (unpaired) electrons. The van der Waals surface area contributed by atoms with Gasteiger partial charge >= 0.3 is 0 Å². The first kappa shape index (κ1) is 18.5. The monoisotopic (exact) mass is 413 g/mol. The highest BCUT2D eigenvalue weighted by Crippen LogP contribution is 2.39. The molecule has 0 atom stereocenters. The van der Waals surface area contributed by atoms with Crippen LogP contribution in [0.4, 0.5) is 10.1 Å². The second-order valence-electron chi connectivity index (χ2n) is 6.00. The van der Waals surface area contributed by atoms with Crippen molar-refractivity contribution in [2.75, 3.05) is 4.90 Å². The van der Waals surface area contributed by atoms with Crippen LogP contribution in [-0.2, 0) is 15.3 Å². The predicted molar refractivity (Wildman–Crippen MR) is 107 cm³/mol. The van der Waals surface area contributed by atoms with Crippen molar-refractivity contribution in [2.45, 2.75) is 5.75 Å². The summed E-state index contributed by atoms with van der Waals surface area (Å²) in [7, 11) is 0. The van der Waals surface area contributed by atoms with Gasteiger partial charge in [0.05, 0.1) is 28.2 Å². The summed E-state index contributed by atoms with van der Waals surface area (Å²) < 4.78 is 18.6. The van der Waals surface area contributed by atoms with Crippen molar-refractivity contribution in [3.63, 3.8) is 0 Å². The molecule has 1 aliphatic heterocycles. The summed E-state index contributed by atoms with van der Waals surface area (Å²) in [4.78, 5) is 27.6. The van der Waals surface area contributed by atoms with E-state index in [1.165, 1.54) is 36.0 Å². The zero-order valence-corrected chi connectivity index (χ0v) is 16.0. The first-order chi connectivity index (χ1) is 13.5. The minimum absolute atomic E-state index is 0.294. The van der Waals surface area contributed by atoms with Crippen LogP contribution in [0, 0.1) is 5.82 Å². The van der Waals surface area contributed by atoms with Crippen LogP contribution in [0.2, 0.25) is 5.02 Å². The third-order valence-electron chi connectivity index (χ3n) is 4.20. The number of hydrogen-bond donors (Lipinski definition) is 0. The van der Waals surface area contributed by atoms with E-state index in [0.29, 0.717) is 38.3 Å². The predicted octanol–water partition coefficient (Wildman–Crippen LogP) is 5.29. The zero-order valence-electron chi connectivity index (χ0n) is 14.4. The van der Waals surface area contributed by atoms with Gasteiger partial charge in [0.25, 0.3) is 11.8 Å². The molecule has 3 aromatic rings. The third kappa shape index (κ3) is 3.48. The van der Waals surface area contributed by atoms with Crippen molar-refractivity contribution in [2.24, 2.45) is 0 Å². The minimum Gasteiger partial charge on any atom is -0.468 e. The molecule has 0 bridgehead atoms. The van der Waals surface area contributed by atoms with E-state index < -0.39 is 17.6 Å². The topological polar surface area (TPSA) is 50.5 Å². The van der Waals surface area contributed by atoms with Gasteiger partial charge in [0.1, 0.15) is 11.6 Å². The Labute approximate surface area is 169 Å². The Morgan fingerprint density at radius 2 is 1.68 bits per heavy atom. The molecule has 28 heavy (non-hydrogen) atoms. The number of furan rings is 1. The van der Waals surface area contributed by atoms with Gasteiger partial charge in [-0.3, -0.25) is 9.59 Å². The van der Waals surface area contributed by atoms with Crippen LogP contribution < -0.4 is 4.90 Å². The van der Waals surface area contributed by atoms with Crippen molar-refractivity contribution in [1.82, 2.24) is 0 Å². The van der Waals surface area contributed by atoms with E-state index in [0.717, 1.165) is 4.90 Å². The first-order valence-electron chi connectivity index (χ1n) is 8.34. The van der Waals surface area contributed by atoms with Crippen LogP contribution in [0.3, 0.4) is 0 Å². The van der Waals surface area contributed by atoms with Crippen LogP contribution in [0.15, 0.2) is 76.2 Å². The summed E-state index contributed by atoms with van der Waals surface area (Å²) in [5, 5.41) is 0.529. The molecule has 1 aromatic heterocycles. The molecule has 0 spiro atoms. The molecular formula is C21H13ClFNO3S. The number of carbonyl (C=O) groups excluding carboxylic acids is 2. The van der Waals surface area contributed by atoms with Gasteiger partial charge in [0, 0.05) is 5.02 Å². The number of nitrogens with zero attached hydrogens (tertiary/aromatic N) is 1. The number of hydrogen-bond acceptors (Lipinski definition) is 4. The number of amides is 2. The molecule has 2 amide bonds. The molecule has 4 nitrogen and oxygen atoms in total. The summed E-state index contributed by atoms with van der Waals surface area (Å²) in [5.74, 6) is -0.260. The van der Waals surface area contributed by atoms with E-state index in [-0.39, 0.29) is 0 Å². The average Bonchev–Trinajstić information content (AvgIpc) is 3.28. The highest BCUT2D eigenvalue weighted by Gasteiger charge is 2.40. The smallest absolute Gasteiger partial charge is 0.272 e. The van der Waals surface area contributed by atoms with Gasteiger partial charge in [-0.15, -0.1) is 11.8 Å². The van der Waals surface area contributed by atoms with Crippen LogP contribution in [0.5, 0.6) is 0 Å². The maximum absolute atomic E-state index is 13.3. The zero-order chi connectivity index (χ0) is 19.7. The SMILES string of the molecule is O=C1C(SCc2ccco2)=C(c2ccc(Cl)cc2)C(=O)N1c1ccc(F)cc1. The molecule has 0 fully saturated rings. The summed E-state index contributed by atoms with van der Waals surface area (Å²) in [5.41, 5.74) is 1.20.